The number of carbonyl (C=O) groups excluding carboxylic acids is 1. The van der Waals surface area contributed by atoms with Gasteiger partial charge in [-0.05, 0) is 29.3 Å². The van der Waals surface area contributed by atoms with Crippen molar-refractivity contribution in [2.24, 2.45) is 10.7 Å². The number of halogens is 3. The van der Waals surface area contributed by atoms with Gasteiger partial charge in [0.15, 0.2) is 5.82 Å². The lowest BCUT2D eigenvalue weighted by Gasteiger charge is -2.07. The molecule has 0 aliphatic carbocycles. The first-order chi connectivity index (χ1) is 13.5. The van der Waals surface area contributed by atoms with Gasteiger partial charge in [-0.25, -0.2) is 9.38 Å². The molecule has 0 spiro atoms. The molecule has 28 heavy (non-hydrogen) atoms. The van der Waals surface area contributed by atoms with E-state index in [1.807, 2.05) is 30.3 Å². The second kappa shape index (κ2) is 9.45. The number of nitrogens with zero attached hydrogens (tertiary/aromatic N) is 2. The molecule has 0 aliphatic rings. The van der Waals surface area contributed by atoms with E-state index in [1.54, 1.807) is 6.07 Å². The fourth-order valence-corrected chi connectivity index (χ4v) is 3.73. The summed E-state index contributed by atoms with van der Waals surface area (Å²) in [5.74, 6) is -0.630. The highest BCUT2D eigenvalue weighted by atomic mass is 127. The fraction of sp³-hybridized carbons (Fsp3) is 0.105. The molecule has 4 N–H and O–H groups in total. The maximum Gasteiger partial charge on any atom is 0.256 e. The Kier molecular flexibility index (Phi) is 6.99. The lowest BCUT2D eigenvalue weighted by Crippen LogP contribution is -2.12. The van der Waals surface area contributed by atoms with Crippen LogP contribution in [-0.4, -0.2) is 22.3 Å². The standard InChI is InChI=1S/C19H16FI2N5O/c20-15-6-2-4-12(9-22)14(15)10-24-18-16(17(23)28)19(27-26-18)25-13-5-1-3-11(7-13)8-21/h1-7,10H,8-9H2,(H2,23,28)(H2,25,26,27). The Morgan fingerprint density at radius 2 is 2.04 bits per heavy atom. The molecule has 0 atom stereocenters. The molecular weight excluding hydrogens is 587 g/mol. The smallest absolute Gasteiger partial charge is 0.256 e. The number of benzene rings is 2. The summed E-state index contributed by atoms with van der Waals surface area (Å²) in [4.78, 5) is 16.2. The fourth-order valence-electron chi connectivity index (χ4n) is 2.59. The Hall–Kier alpha value is -2.02. The largest absolute Gasteiger partial charge is 0.365 e. The van der Waals surface area contributed by atoms with Crippen LogP contribution < -0.4 is 11.1 Å². The summed E-state index contributed by atoms with van der Waals surface area (Å²) in [5, 5.41) is 9.92. The molecule has 0 saturated carbocycles. The van der Waals surface area contributed by atoms with Gasteiger partial charge < -0.3 is 11.1 Å². The summed E-state index contributed by atoms with van der Waals surface area (Å²) in [6.07, 6.45) is 1.37. The van der Waals surface area contributed by atoms with E-state index in [0.29, 0.717) is 15.8 Å². The second-order valence-electron chi connectivity index (χ2n) is 5.82. The second-order valence-corrected chi connectivity index (χ2v) is 7.35. The van der Waals surface area contributed by atoms with E-state index < -0.39 is 5.91 Å². The van der Waals surface area contributed by atoms with E-state index in [4.69, 9.17) is 5.73 Å². The summed E-state index contributed by atoms with van der Waals surface area (Å²) < 4.78 is 15.6. The van der Waals surface area contributed by atoms with Crippen molar-refractivity contribution in [1.29, 1.82) is 0 Å². The van der Waals surface area contributed by atoms with Crippen LogP contribution in [0.5, 0.6) is 0 Å². The predicted octanol–water partition coefficient (Wildman–Crippen LogP) is 5.01. The Morgan fingerprint density at radius 1 is 1.25 bits per heavy atom. The van der Waals surface area contributed by atoms with Crippen LogP contribution in [0.2, 0.25) is 0 Å². The van der Waals surface area contributed by atoms with Gasteiger partial charge in [-0.2, -0.15) is 5.10 Å². The van der Waals surface area contributed by atoms with Gasteiger partial charge in [0.2, 0.25) is 0 Å². The summed E-state index contributed by atoms with van der Waals surface area (Å²) in [5.41, 5.74) is 8.73. The van der Waals surface area contributed by atoms with Crippen molar-refractivity contribution in [3.63, 3.8) is 0 Å². The number of hydrogen-bond donors (Lipinski definition) is 3. The van der Waals surface area contributed by atoms with Gasteiger partial charge in [-0.3, -0.25) is 9.89 Å². The average Bonchev–Trinajstić information content (AvgIpc) is 3.09. The number of aromatic nitrogens is 2. The highest BCUT2D eigenvalue weighted by Gasteiger charge is 2.18. The third kappa shape index (κ3) is 4.69. The molecule has 6 nitrogen and oxygen atoms in total. The van der Waals surface area contributed by atoms with E-state index in [0.717, 1.165) is 21.2 Å². The molecule has 0 fully saturated rings. The Bertz CT molecular complexity index is 1030. The molecule has 0 unspecified atom stereocenters. The van der Waals surface area contributed by atoms with E-state index >= 15 is 0 Å². The van der Waals surface area contributed by atoms with Gasteiger partial charge in [0.05, 0.1) is 0 Å². The van der Waals surface area contributed by atoms with Crippen molar-refractivity contribution in [3.8, 4) is 0 Å². The molecule has 0 radical (unpaired) electrons. The number of nitrogens with two attached hydrogens (primary N) is 1. The van der Waals surface area contributed by atoms with Crippen molar-refractivity contribution < 1.29 is 9.18 Å². The number of primary amides is 1. The number of hydrogen-bond acceptors (Lipinski definition) is 4. The zero-order valence-electron chi connectivity index (χ0n) is 14.5. The molecule has 1 aromatic heterocycles. The summed E-state index contributed by atoms with van der Waals surface area (Å²) in [6, 6.07) is 12.6. The van der Waals surface area contributed by atoms with E-state index in [9.17, 15) is 9.18 Å². The van der Waals surface area contributed by atoms with Crippen LogP contribution in [0.15, 0.2) is 47.5 Å². The molecule has 3 aromatic rings. The number of nitrogens with one attached hydrogen (secondary N) is 2. The summed E-state index contributed by atoms with van der Waals surface area (Å²) in [6.45, 7) is 0. The number of anilines is 2. The van der Waals surface area contributed by atoms with Gasteiger partial charge in [0.1, 0.15) is 17.2 Å². The van der Waals surface area contributed by atoms with E-state index in [1.165, 1.54) is 12.3 Å². The first-order valence-corrected chi connectivity index (χ1v) is 11.3. The third-order valence-corrected chi connectivity index (χ3v) is 5.65. The van der Waals surface area contributed by atoms with E-state index in [-0.39, 0.29) is 17.2 Å². The molecule has 9 heteroatoms. The van der Waals surface area contributed by atoms with Crippen molar-refractivity contribution in [3.05, 3.63) is 70.5 Å². The monoisotopic (exact) mass is 603 g/mol. The SMILES string of the molecule is NC(=O)c1c(N=Cc2c(F)cccc2CI)n[nH]c1Nc1cccc(CI)c1. The van der Waals surface area contributed by atoms with Crippen molar-refractivity contribution in [1.82, 2.24) is 10.2 Å². The molecule has 3 rings (SSSR count). The lowest BCUT2D eigenvalue weighted by atomic mass is 10.1. The van der Waals surface area contributed by atoms with Gasteiger partial charge in [0.25, 0.3) is 5.91 Å². The maximum absolute atomic E-state index is 14.1. The molecule has 144 valence electrons. The Labute approximate surface area is 188 Å². The van der Waals surface area contributed by atoms with Crippen LogP contribution in [0.25, 0.3) is 0 Å². The van der Waals surface area contributed by atoms with Crippen LogP contribution in [0, 0.1) is 5.82 Å². The number of aromatic amines is 1. The number of aliphatic imine (C=N–C) groups is 1. The first-order valence-electron chi connectivity index (χ1n) is 8.21. The van der Waals surface area contributed by atoms with Crippen LogP contribution in [0.3, 0.4) is 0 Å². The molecule has 2 aromatic carbocycles. The van der Waals surface area contributed by atoms with E-state index in [2.05, 4.69) is 65.7 Å². The summed E-state index contributed by atoms with van der Waals surface area (Å²) in [7, 11) is 0. The number of amides is 1. The minimum Gasteiger partial charge on any atom is -0.365 e. The van der Waals surface area contributed by atoms with Gasteiger partial charge in [0, 0.05) is 26.3 Å². The first kappa shape index (κ1) is 20.7. The number of alkyl halides is 2. The molecular formula is C19H16FI2N5O. The predicted molar refractivity (Wildman–Crippen MR) is 126 cm³/mol. The number of rotatable bonds is 7. The minimum absolute atomic E-state index is 0.0997. The Morgan fingerprint density at radius 3 is 2.75 bits per heavy atom. The topological polar surface area (TPSA) is 96.2 Å². The highest BCUT2D eigenvalue weighted by Crippen LogP contribution is 2.27. The lowest BCUT2D eigenvalue weighted by molar-refractivity contribution is 0.100. The van der Waals surface area contributed by atoms with Gasteiger partial charge >= 0.3 is 0 Å². The molecule has 0 aliphatic heterocycles. The van der Waals surface area contributed by atoms with Crippen molar-refractivity contribution in [2.75, 3.05) is 5.32 Å². The molecule has 0 saturated heterocycles. The van der Waals surface area contributed by atoms with Crippen LogP contribution in [0.4, 0.5) is 21.7 Å². The minimum atomic E-state index is -0.684. The summed E-state index contributed by atoms with van der Waals surface area (Å²) >= 11 is 4.43. The van der Waals surface area contributed by atoms with Crippen molar-refractivity contribution >= 4 is 74.6 Å². The molecule has 1 amide bonds. The number of H-pyrrole nitrogens is 1. The normalized spacial score (nSPS) is 11.1. The van der Waals surface area contributed by atoms with Gasteiger partial charge in [-0.15, -0.1) is 0 Å². The van der Waals surface area contributed by atoms with Crippen LogP contribution >= 0.6 is 45.2 Å². The third-order valence-electron chi connectivity index (χ3n) is 3.95. The molecule has 0 bridgehead atoms. The van der Waals surface area contributed by atoms with Crippen molar-refractivity contribution in [2.45, 2.75) is 8.86 Å². The molecule has 1 heterocycles. The highest BCUT2D eigenvalue weighted by molar-refractivity contribution is 14.1. The zero-order valence-corrected chi connectivity index (χ0v) is 18.9. The van der Waals surface area contributed by atoms with Crippen LogP contribution in [-0.2, 0) is 8.86 Å². The zero-order chi connectivity index (χ0) is 20.1. The Balaban J connectivity index is 1.94. The number of carbonyl (C=O) groups is 1. The maximum atomic E-state index is 14.1. The van der Waals surface area contributed by atoms with Gasteiger partial charge in [-0.1, -0.05) is 69.4 Å². The quantitative estimate of drug-likeness (QED) is 0.201. The average molecular weight is 603 g/mol. The van der Waals surface area contributed by atoms with Crippen LogP contribution in [0.1, 0.15) is 27.0 Å².